The summed E-state index contributed by atoms with van der Waals surface area (Å²) in [6, 6.07) is 6.37. The summed E-state index contributed by atoms with van der Waals surface area (Å²) in [5.74, 6) is 1.06. The third kappa shape index (κ3) is 1.77. The van der Waals surface area contributed by atoms with Crippen molar-refractivity contribution in [3.8, 4) is 0 Å². The van der Waals surface area contributed by atoms with Crippen LogP contribution < -0.4 is 5.73 Å². The van der Waals surface area contributed by atoms with Crippen molar-refractivity contribution in [2.75, 3.05) is 6.26 Å². The van der Waals surface area contributed by atoms with Crippen molar-refractivity contribution in [1.82, 2.24) is 4.57 Å². The van der Waals surface area contributed by atoms with Crippen LogP contribution in [-0.4, -0.2) is 10.8 Å². The quantitative estimate of drug-likeness (QED) is 0.861. The van der Waals surface area contributed by atoms with Crippen LogP contribution >= 0.6 is 11.8 Å². The molecule has 1 heterocycles. The van der Waals surface area contributed by atoms with Crippen LogP contribution in [0.4, 0.5) is 0 Å². The van der Waals surface area contributed by atoms with Gasteiger partial charge < -0.3 is 10.3 Å². The Bertz CT molecular complexity index is 474. The minimum absolute atomic E-state index is 0.605. The van der Waals surface area contributed by atoms with Crippen LogP contribution in [0.15, 0.2) is 24.4 Å². The summed E-state index contributed by atoms with van der Waals surface area (Å²) in [6.07, 6.45) is 4.34. The van der Waals surface area contributed by atoms with E-state index in [9.17, 15) is 0 Å². The fraction of sp³-hybridized carbons (Fsp3) is 0.333. The number of aromatic nitrogens is 1. The molecule has 0 saturated carbocycles. The molecule has 15 heavy (non-hydrogen) atoms. The molecule has 0 aliphatic heterocycles. The summed E-state index contributed by atoms with van der Waals surface area (Å²) in [6.45, 7) is 0.605. The van der Waals surface area contributed by atoms with E-state index in [1.807, 2.05) is 11.8 Å². The molecule has 0 fully saturated rings. The largest absolute Gasteiger partial charge is 0.350 e. The van der Waals surface area contributed by atoms with Gasteiger partial charge in [0.2, 0.25) is 0 Å². The maximum Gasteiger partial charge on any atom is 0.0526 e. The summed E-state index contributed by atoms with van der Waals surface area (Å²) in [4.78, 5) is 0. The van der Waals surface area contributed by atoms with E-state index in [2.05, 4.69) is 42.3 Å². The number of fused-ring (bicyclic) bond motifs is 1. The third-order valence-electron chi connectivity index (χ3n) is 2.69. The Morgan fingerprint density at radius 2 is 2.13 bits per heavy atom. The molecule has 2 rings (SSSR count). The molecule has 2 aromatic rings. The first kappa shape index (κ1) is 10.6. The van der Waals surface area contributed by atoms with E-state index in [1.165, 1.54) is 22.0 Å². The summed E-state index contributed by atoms with van der Waals surface area (Å²) < 4.78 is 2.18. The number of para-hydroxylation sites is 1. The highest BCUT2D eigenvalue weighted by Gasteiger charge is 2.08. The molecule has 0 unspecified atom stereocenters. The Labute approximate surface area is 94.5 Å². The molecule has 80 valence electrons. The van der Waals surface area contributed by atoms with Crippen LogP contribution in [0, 0.1) is 0 Å². The number of thioether (sulfide) groups is 1. The van der Waals surface area contributed by atoms with E-state index in [1.54, 1.807) is 0 Å². The Morgan fingerprint density at radius 1 is 1.33 bits per heavy atom. The van der Waals surface area contributed by atoms with Gasteiger partial charge in [0.15, 0.2) is 0 Å². The fourth-order valence-corrected chi connectivity index (χ4v) is 2.61. The monoisotopic (exact) mass is 220 g/mol. The molecule has 0 atom stereocenters. The van der Waals surface area contributed by atoms with Gasteiger partial charge in [0.25, 0.3) is 0 Å². The number of nitrogens with zero attached hydrogens (tertiary/aromatic N) is 1. The SMILES string of the molecule is CSCc1cn(C)c2c(CN)cccc12. The van der Waals surface area contributed by atoms with Crippen molar-refractivity contribution in [2.24, 2.45) is 12.8 Å². The van der Waals surface area contributed by atoms with Crippen LogP contribution in [-0.2, 0) is 19.3 Å². The lowest BCUT2D eigenvalue weighted by molar-refractivity contribution is 0.945. The molecule has 0 spiro atoms. The molecule has 3 heteroatoms. The van der Waals surface area contributed by atoms with E-state index in [0.29, 0.717) is 6.54 Å². The second-order valence-corrected chi connectivity index (χ2v) is 4.58. The van der Waals surface area contributed by atoms with Crippen molar-refractivity contribution in [2.45, 2.75) is 12.3 Å². The highest BCUT2D eigenvalue weighted by atomic mass is 32.2. The Morgan fingerprint density at radius 3 is 2.80 bits per heavy atom. The van der Waals surface area contributed by atoms with Crippen LogP contribution in [0.3, 0.4) is 0 Å². The maximum absolute atomic E-state index is 5.75. The van der Waals surface area contributed by atoms with Gasteiger partial charge in [-0.3, -0.25) is 0 Å². The van der Waals surface area contributed by atoms with Crippen molar-refractivity contribution in [1.29, 1.82) is 0 Å². The molecule has 1 aromatic heterocycles. The standard InChI is InChI=1S/C12H16N2S/c1-14-7-10(8-15-2)11-5-3-4-9(6-13)12(11)14/h3-5,7H,6,8,13H2,1-2H3. The van der Waals surface area contributed by atoms with Gasteiger partial charge in [0.1, 0.15) is 0 Å². The minimum Gasteiger partial charge on any atom is -0.350 e. The summed E-state index contributed by atoms with van der Waals surface area (Å²) >= 11 is 1.85. The number of hydrogen-bond donors (Lipinski definition) is 1. The minimum atomic E-state index is 0.605. The lowest BCUT2D eigenvalue weighted by Crippen LogP contribution is -1.99. The first-order valence-electron chi connectivity index (χ1n) is 5.02. The van der Waals surface area contributed by atoms with Gasteiger partial charge in [-0.1, -0.05) is 18.2 Å². The Hall–Kier alpha value is -0.930. The lowest BCUT2D eigenvalue weighted by atomic mass is 10.1. The zero-order chi connectivity index (χ0) is 10.8. The van der Waals surface area contributed by atoms with Gasteiger partial charge in [-0.25, -0.2) is 0 Å². The molecule has 0 aliphatic rings. The lowest BCUT2D eigenvalue weighted by Gasteiger charge is -2.02. The smallest absolute Gasteiger partial charge is 0.0526 e. The van der Waals surface area contributed by atoms with Gasteiger partial charge >= 0.3 is 0 Å². The van der Waals surface area contributed by atoms with Gasteiger partial charge in [-0.15, -0.1) is 0 Å². The second-order valence-electron chi connectivity index (χ2n) is 3.72. The topological polar surface area (TPSA) is 30.9 Å². The summed E-state index contributed by atoms with van der Waals surface area (Å²) in [5.41, 5.74) is 9.65. The molecular formula is C12H16N2S. The van der Waals surface area contributed by atoms with Crippen LogP contribution in [0.2, 0.25) is 0 Å². The fourth-order valence-electron chi connectivity index (χ4n) is 2.07. The van der Waals surface area contributed by atoms with Crippen molar-refractivity contribution >= 4 is 22.7 Å². The summed E-state index contributed by atoms with van der Waals surface area (Å²) in [5, 5.41) is 1.34. The Kier molecular flexibility index (Phi) is 3.03. The highest BCUT2D eigenvalue weighted by molar-refractivity contribution is 7.97. The molecule has 2 nitrogen and oxygen atoms in total. The average Bonchev–Trinajstić information content (AvgIpc) is 2.57. The molecule has 2 N–H and O–H groups in total. The van der Waals surface area contributed by atoms with E-state index in [0.717, 1.165) is 5.75 Å². The number of aryl methyl sites for hydroxylation is 1. The van der Waals surface area contributed by atoms with Crippen molar-refractivity contribution in [3.05, 3.63) is 35.5 Å². The van der Waals surface area contributed by atoms with Gasteiger partial charge in [-0.05, 0) is 17.4 Å². The predicted octanol–water partition coefficient (Wildman–Crippen LogP) is 2.50. The average molecular weight is 220 g/mol. The summed E-state index contributed by atoms with van der Waals surface area (Å²) in [7, 11) is 2.09. The van der Waals surface area contributed by atoms with E-state index in [-0.39, 0.29) is 0 Å². The molecule has 1 aromatic carbocycles. The third-order valence-corrected chi connectivity index (χ3v) is 3.29. The van der Waals surface area contributed by atoms with Gasteiger partial charge in [0, 0.05) is 30.9 Å². The van der Waals surface area contributed by atoms with Crippen LogP contribution in [0.1, 0.15) is 11.1 Å². The van der Waals surface area contributed by atoms with Crippen LogP contribution in [0.5, 0.6) is 0 Å². The molecule has 0 amide bonds. The molecule has 0 radical (unpaired) electrons. The predicted molar refractivity (Wildman–Crippen MR) is 68.0 cm³/mol. The molecule has 0 saturated heterocycles. The zero-order valence-electron chi connectivity index (χ0n) is 9.16. The maximum atomic E-state index is 5.75. The molecular weight excluding hydrogens is 204 g/mol. The molecule has 0 bridgehead atoms. The van der Waals surface area contributed by atoms with E-state index >= 15 is 0 Å². The number of benzene rings is 1. The second kappa shape index (κ2) is 4.29. The number of rotatable bonds is 3. The van der Waals surface area contributed by atoms with Gasteiger partial charge in [-0.2, -0.15) is 11.8 Å². The molecule has 0 aliphatic carbocycles. The first-order chi connectivity index (χ1) is 7.27. The number of nitrogens with two attached hydrogens (primary N) is 1. The normalized spacial score (nSPS) is 11.1. The van der Waals surface area contributed by atoms with E-state index in [4.69, 9.17) is 5.73 Å². The highest BCUT2D eigenvalue weighted by Crippen LogP contribution is 2.26. The Balaban J connectivity index is 2.68. The zero-order valence-corrected chi connectivity index (χ0v) is 9.97. The number of hydrogen-bond acceptors (Lipinski definition) is 2. The van der Waals surface area contributed by atoms with Crippen molar-refractivity contribution in [3.63, 3.8) is 0 Å². The first-order valence-corrected chi connectivity index (χ1v) is 6.42. The van der Waals surface area contributed by atoms with E-state index < -0.39 is 0 Å². The van der Waals surface area contributed by atoms with Crippen molar-refractivity contribution < 1.29 is 0 Å². The van der Waals surface area contributed by atoms with Crippen LogP contribution in [0.25, 0.3) is 10.9 Å². The van der Waals surface area contributed by atoms with Gasteiger partial charge in [0.05, 0.1) is 5.52 Å².